The van der Waals surface area contributed by atoms with E-state index in [-0.39, 0.29) is 5.91 Å². The second-order valence-corrected chi connectivity index (χ2v) is 7.93. The summed E-state index contributed by atoms with van der Waals surface area (Å²) in [6.07, 6.45) is 0. The maximum atomic E-state index is 12.5. The molecule has 1 saturated heterocycles. The highest BCUT2D eigenvalue weighted by Crippen LogP contribution is 2.20. The molecule has 1 amide bonds. The lowest BCUT2D eigenvalue weighted by Crippen LogP contribution is -2.36. The average molecular weight is 416 g/mol. The normalized spacial score (nSPS) is 13.9. The minimum Gasteiger partial charge on any atom is -0.378 e. The molecule has 3 aromatic carbocycles. The number of anilines is 2. The average Bonchev–Trinajstić information content (AvgIpc) is 2.81. The molecule has 5 nitrogen and oxygen atoms in total. The molecule has 1 aliphatic rings. The third-order valence-electron chi connectivity index (χ3n) is 5.45. The van der Waals surface area contributed by atoms with Crippen molar-refractivity contribution in [1.82, 2.24) is 4.90 Å². The molecule has 3 aromatic rings. The molecule has 0 radical (unpaired) electrons. The van der Waals surface area contributed by atoms with E-state index in [2.05, 4.69) is 58.7 Å². The first-order valence-corrected chi connectivity index (χ1v) is 10.7. The minimum absolute atomic E-state index is 0.0115. The third-order valence-corrected chi connectivity index (χ3v) is 5.45. The summed E-state index contributed by atoms with van der Waals surface area (Å²) in [7, 11) is 1.96. The maximum absolute atomic E-state index is 12.5. The first-order valence-electron chi connectivity index (χ1n) is 10.7. The molecule has 0 spiro atoms. The van der Waals surface area contributed by atoms with Crippen LogP contribution >= 0.6 is 0 Å². The molecule has 1 aliphatic heterocycles. The van der Waals surface area contributed by atoms with Crippen LogP contribution in [-0.2, 0) is 16.1 Å². The van der Waals surface area contributed by atoms with Crippen LogP contribution in [0.5, 0.6) is 0 Å². The Balaban J connectivity index is 1.26. The van der Waals surface area contributed by atoms with Gasteiger partial charge in [0.25, 0.3) is 0 Å². The lowest BCUT2D eigenvalue weighted by molar-refractivity contribution is -0.117. The second-order valence-electron chi connectivity index (χ2n) is 7.93. The van der Waals surface area contributed by atoms with Crippen LogP contribution in [0, 0.1) is 0 Å². The van der Waals surface area contributed by atoms with E-state index < -0.39 is 0 Å². The molecule has 1 fully saturated rings. The maximum Gasteiger partial charge on any atom is 0.238 e. The van der Waals surface area contributed by atoms with Crippen LogP contribution in [0.2, 0.25) is 0 Å². The number of carbonyl (C=O) groups is 1. The van der Waals surface area contributed by atoms with Gasteiger partial charge in [-0.1, -0.05) is 54.6 Å². The summed E-state index contributed by atoms with van der Waals surface area (Å²) in [6.45, 7) is 4.40. The smallest absolute Gasteiger partial charge is 0.238 e. The molecular weight excluding hydrogens is 386 g/mol. The molecule has 0 aromatic heterocycles. The molecule has 5 heteroatoms. The number of nitrogens with one attached hydrogen (secondary N) is 1. The van der Waals surface area contributed by atoms with Crippen molar-refractivity contribution in [3.05, 3.63) is 84.4 Å². The molecule has 0 atom stereocenters. The van der Waals surface area contributed by atoms with E-state index >= 15 is 0 Å². The van der Waals surface area contributed by atoms with Gasteiger partial charge in [0.1, 0.15) is 0 Å². The van der Waals surface area contributed by atoms with E-state index in [1.807, 2.05) is 42.3 Å². The highest BCUT2D eigenvalue weighted by molar-refractivity contribution is 5.92. The van der Waals surface area contributed by atoms with Crippen LogP contribution in [0.4, 0.5) is 11.4 Å². The summed E-state index contributed by atoms with van der Waals surface area (Å²) in [6, 6.07) is 26.9. The highest BCUT2D eigenvalue weighted by atomic mass is 16.5. The van der Waals surface area contributed by atoms with Gasteiger partial charge in [0.2, 0.25) is 5.91 Å². The Bertz CT molecular complexity index is 966. The lowest BCUT2D eigenvalue weighted by Gasteiger charge is -2.28. The van der Waals surface area contributed by atoms with Gasteiger partial charge in [-0.2, -0.15) is 0 Å². The van der Waals surface area contributed by atoms with Crippen molar-refractivity contribution in [2.24, 2.45) is 0 Å². The summed E-state index contributed by atoms with van der Waals surface area (Å²) < 4.78 is 5.40. The number of hydrogen-bond donors (Lipinski definition) is 1. The van der Waals surface area contributed by atoms with Crippen molar-refractivity contribution in [2.75, 3.05) is 50.1 Å². The Kier molecular flexibility index (Phi) is 6.97. The molecule has 1 heterocycles. The number of carbonyl (C=O) groups excluding carboxylic acids is 1. The topological polar surface area (TPSA) is 44.8 Å². The molecule has 1 N–H and O–H groups in total. The Labute approximate surface area is 184 Å². The highest BCUT2D eigenvalue weighted by Gasteiger charge is 2.12. The van der Waals surface area contributed by atoms with Crippen LogP contribution in [0.25, 0.3) is 11.1 Å². The van der Waals surface area contributed by atoms with E-state index in [4.69, 9.17) is 4.74 Å². The number of likely N-dealkylation sites (N-methyl/N-ethyl adjacent to an activating group) is 1. The van der Waals surface area contributed by atoms with Gasteiger partial charge in [-0.25, -0.2) is 0 Å². The molecule has 0 saturated carbocycles. The second kappa shape index (κ2) is 10.2. The van der Waals surface area contributed by atoms with E-state index in [1.54, 1.807) is 0 Å². The summed E-state index contributed by atoms with van der Waals surface area (Å²) in [5.74, 6) is -0.0115. The monoisotopic (exact) mass is 415 g/mol. The molecule has 0 aliphatic carbocycles. The summed E-state index contributed by atoms with van der Waals surface area (Å²) in [5, 5.41) is 3.00. The Morgan fingerprint density at radius 1 is 0.903 bits per heavy atom. The SMILES string of the molecule is CN(CC(=O)Nc1ccc(N2CCOCC2)cc1)Cc1ccc(-c2ccccc2)cc1. The zero-order valence-corrected chi connectivity index (χ0v) is 18.0. The van der Waals surface area contributed by atoms with Gasteiger partial charge in [-0.3, -0.25) is 9.69 Å². The van der Waals surface area contributed by atoms with Gasteiger partial charge in [0, 0.05) is 31.0 Å². The van der Waals surface area contributed by atoms with Crippen molar-refractivity contribution in [1.29, 1.82) is 0 Å². The van der Waals surface area contributed by atoms with Crippen LogP contribution in [-0.4, -0.2) is 50.7 Å². The standard InChI is InChI=1S/C26H29N3O2/c1-28(19-21-7-9-23(10-8-21)22-5-3-2-4-6-22)20-26(30)27-24-11-13-25(14-12-24)29-15-17-31-18-16-29/h2-14H,15-20H2,1H3,(H,27,30). The van der Waals surface area contributed by atoms with Gasteiger partial charge in [0.05, 0.1) is 19.8 Å². The van der Waals surface area contributed by atoms with Gasteiger partial charge < -0.3 is 15.0 Å². The van der Waals surface area contributed by atoms with E-state index in [0.717, 1.165) is 44.2 Å². The Hall–Kier alpha value is -3.15. The zero-order valence-electron chi connectivity index (χ0n) is 18.0. The van der Waals surface area contributed by atoms with Crippen LogP contribution < -0.4 is 10.2 Å². The first-order chi connectivity index (χ1) is 15.2. The van der Waals surface area contributed by atoms with Gasteiger partial charge >= 0.3 is 0 Å². The number of ether oxygens (including phenoxy) is 1. The summed E-state index contributed by atoms with van der Waals surface area (Å²) >= 11 is 0. The fourth-order valence-electron chi connectivity index (χ4n) is 3.82. The zero-order chi connectivity index (χ0) is 21.5. The van der Waals surface area contributed by atoms with E-state index in [0.29, 0.717) is 6.54 Å². The van der Waals surface area contributed by atoms with Crippen LogP contribution in [0.15, 0.2) is 78.9 Å². The van der Waals surface area contributed by atoms with Gasteiger partial charge in [0.15, 0.2) is 0 Å². The number of nitrogens with zero attached hydrogens (tertiary/aromatic N) is 2. The van der Waals surface area contributed by atoms with Crippen molar-refractivity contribution in [3.8, 4) is 11.1 Å². The van der Waals surface area contributed by atoms with Crippen molar-refractivity contribution in [2.45, 2.75) is 6.54 Å². The van der Waals surface area contributed by atoms with Crippen LogP contribution in [0.1, 0.15) is 5.56 Å². The van der Waals surface area contributed by atoms with E-state index in [9.17, 15) is 4.79 Å². The fourth-order valence-corrected chi connectivity index (χ4v) is 3.82. The molecule has 4 rings (SSSR count). The largest absolute Gasteiger partial charge is 0.378 e. The van der Waals surface area contributed by atoms with E-state index in [1.165, 1.54) is 16.7 Å². The fraction of sp³-hybridized carbons (Fsp3) is 0.269. The molecule has 31 heavy (non-hydrogen) atoms. The summed E-state index contributed by atoms with van der Waals surface area (Å²) in [5.41, 5.74) is 5.58. The third kappa shape index (κ3) is 5.94. The van der Waals surface area contributed by atoms with Gasteiger partial charge in [-0.15, -0.1) is 0 Å². The number of benzene rings is 3. The summed E-state index contributed by atoms with van der Waals surface area (Å²) in [4.78, 5) is 16.8. The molecule has 0 unspecified atom stereocenters. The molecule has 160 valence electrons. The Morgan fingerprint density at radius 3 is 2.23 bits per heavy atom. The van der Waals surface area contributed by atoms with Crippen LogP contribution in [0.3, 0.4) is 0 Å². The number of amides is 1. The number of rotatable bonds is 7. The number of hydrogen-bond acceptors (Lipinski definition) is 4. The lowest BCUT2D eigenvalue weighted by atomic mass is 10.0. The van der Waals surface area contributed by atoms with Crippen molar-refractivity contribution < 1.29 is 9.53 Å². The van der Waals surface area contributed by atoms with Crippen molar-refractivity contribution >= 4 is 17.3 Å². The predicted molar refractivity (Wildman–Crippen MR) is 126 cm³/mol. The Morgan fingerprint density at radius 2 is 1.55 bits per heavy atom. The molecule has 0 bridgehead atoms. The van der Waals surface area contributed by atoms with Crippen molar-refractivity contribution in [3.63, 3.8) is 0 Å². The quantitative estimate of drug-likeness (QED) is 0.626. The minimum atomic E-state index is -0.0115. The predicted octanol–water partition coefficient (Wildman–Crippen LogP) is 4.26. The van der Waals surface area contributed by atoms with Gasteiger partial charge in [-0.05, 0) is 48.0 Å². The molecular formula is C26H29N3O2. The number of morpholine rings is 1. The first kappa shape index (κ1) is 21.1.